The summed E-state index contributed by atoms with van der Waals surface area (Å²) in [5.41, 5.74) is -1.28. The minimum Gasteiger partial charge on any atom is -0.481 e. The minimum atomic E-state index is -1.86. The molecular weight excluding hydrogens is 376 g/mol. The molecule has 10 heteroatoms. The zero-order valence-electron chi connectivity index (χ0n) is 13.9. The van der Waals surface area contributed by atoms with Gasteiger partial charge in [0.05, 0.1) is 0 Å². The van der Waals surface area contributed by atoms with Crippen LogP contribution in [-0.2, 0) is 19.2 Å². The largest absolute Gasteiger partial charge is 0.481 e. The minimum absolute atomic E-state index is 0.319. The second-order valence-corrected chi connectivity index (χ2v) is 6.34. The van der Waals surface area contributed by atoms with E-state index < -0.39 is 71.3 Å². The van der Waals surface area contributed by atoms with E-state index in [1.54, 1.807) is 0 Å². The Hall–Kier alpha value is -3.82. The van der Waals surface area contributed by atoms with Crippen molar-refractivity contribution < 1.29 is 48.6 Å². The van der Waals surface area contributed by atoms with Gasteiger partial charge in [-0.15, -0.1) is 0 Å². The third-order valence-corrected chi connectivity index (χ3v) is 4.56. The molecule has 10 nitrogen and oxygen atoms in total. The van der Waals surface area contributed by atoms with Crippen LogP contribution in [-0.4, -0.2) is 56.9 Å². The first-order valence-corrected chi connectivity index (χ1v) is 7.88. The van der Waals surface area contributed by atoms with Crippen LogP contribution in [0.25, 0.3) is 0 Å². The summed E-state index contributed by atoms with van der Waals surface area (Å²) < 4.78 is 0. The lowest BCUT2D eigenvalue weighted by Crippen LogP contribution is -2.28. The van der Waals surface area contributed by atoms with Crippen LogP contribution in [0.3, 0.4) is 0 Å². The zero-order chi connectivity index (χ0) is 20.9. The highest BCUT2D eigenvalue weighted by Crippen LogP contribution is 2.36. The van der Waals surface area contributed by atoms with E-state index >= 15 is 0 Å². The number of hydrogen-bond acceptors (Lipinski definition) is 8. The summed E-state index contributed by atoms with van der Waals surface area (Å²) >= 11 is 0. The Kier molecular flexibility index (Phi) is 4.34. The molecule has 0 aromatic heterocycles. The van der Waals surface area contributed by atoms with Crippen LogP contribution in [0.1, 0.15) is 54.3 Å². The van der Waals surface area contributed by atoms with Crippen LogP contribution in [0.15, 0.2) is 12.1 Å². The van der Waals surface area contributed by atoms with E-state index in [1.807, 2.05) is 0 Å². The van der Waals surface area contributed by atoms with Gasteiger partial charge in [-0.05, 0) is 12.1 Å². The van der Waals surface area contributed by atoms with Gasteiger partial charge < -0.3 is 10.2 Å². The van der Waals surface area contributed by atoms with Gasteiger partial charge in [0.15, 0.2) is 34.7 Å². The number of Topliss-reactive ketones (excluding diaryl/α,β-unsaturated/α-hetero) is 6. The molecule has 1 aromatic rings. The van der Waals surface area contributed by atoms with E-state index in [0.717, 1.165) is 12.1 Å². The van der Waals surface area contributed by atoms with Gasteiger partial charge in [0.2, 0.25) is 0 Å². The molecule has 0 saturated carbocycles. The van der Waals surface area contributed by atoms with Crippen molar-refractivity contribution in [2.75, 3.05) is 0 Å². The van der Waals surface area contributed by atoms with Crippen molar-refractivity contribution >= 4 is 46.6 Å². The summed E-state index contributed by atoms with van der Waals surface area (Å²) in [4.78, 5) is 94.8. The number of carboxylic acid groups (broad SMARTS) is 2. The van der Waals surface area contributed by atoms with Crippen LogP contribution >= 0.6 is 0 Å². The first-order valence-electron chi connectivity index (χ1n) is 7.88. The van der Waals surface area contributed by atoms with Gasteiger partial charge in [0, 0.05) is 22.3 Å². The Bertz CT molecular complexity index is 910. The average Bonchev–Trinajstić information content (AvgIpc) is 2.97. The third kappa shape index (κ3) is 2.75. The highest BCUT2D eigenvalue weighted by molar-refractivity contribution is 6.40. The van der Waals surface area contributed by atoms with Crippen molar-refractivity contribution in [1.29, 1.82) is 0 Å². The number of carboxylic acids is 2. The van der Waals surface area contributed by atoms with Gasteiger partial charge in [-0.1, -0.05) is 0 Å². The molecular formula is C18H10O10. The Morgan fingerprint density at radius 3 is 1.07 bits per heavy atom. The number of carbonyl (C=O) groups is 8. The lowest BCUT2D eigenvalue weighted by Gasteiger charge is -2.03. The van der Waals surface area contributed by atoms with E-state index in [-0.39, 0.29) is 22.3 Å². The average molecular weight is 386 g/mol. The highest BCUT2D eigenvalue weighted by atomic mass is 16.4. The second-order valence-electron chi connectivity index (χ2n) is 6.34. The quantitative estimate of drug-likeness (QED) is 0.620. The molecule has 142 valence electrons. The van der Waals surface area contributed by atoms with Crippen molar-refractivity contribution in [2.45, 2.75) is 12.8 Å². The van der Waals surface area contributed by atoms with Gasteiger partial charge in [-0.25, -0.2) is 0 Å². The fraction of sp³-hybridized carbons (Fsp3) is 0.222. The maximum Gasteiger partial charge on any atom is 0.310 e. The van der Waals surface area contributed by atoms with Crippen molar-refractivity contribution in [1.82, 2.24) is 0 Å². The predicted octanol–water partition coefficient (Wildman–Crippen LogP) is -0.235. The van der Waals surface area contributed by atoms with Crippen LogP contribution < -0.4 is 0 Å². The van der Waals surface area contributed by atoms with Crippen molar-refractivity contribution in [2.24, 2.45) is 11.8 Å². The maximum atomic E-state index is 12.4. The SMILES string of the molecule is O=C(O)CC(=O)C1C(=O)c2cc3c(cc2C1=O)C(=O)C(C(=O)CC(=O)O)C3=O. The smallest absolute Gasteiger partial charge is 0.310 e. The van der Waals surface area contributed by atoms with Gasteiger partial charge in [-0.3, -0.25) is 38.4 Å². The number of rotatable bonds is 6. The first kappa shape index (κ1) is 19.0. The lowest BCUT2D eigenvalue weighted by molar-refractivity contribution is -0.142. The summed E-state index contributed by atoms with van der Waals surface area (Å²) in [5, 5.41) is 17.4. The standard InChI is InChI=1S/C18H10O10/c19-9(3-11(21)22)13-15(25)5-1-6-8(2-7(5)17(13)27)18(28)14(16(6)26)10(20)4-12(23)24/h1-2,13-14H,3-4H2,(H,21,22)(H,23,24). The fourth-order valence-electron chi connectivity index (χ4n) is 3.36. The topological polar surface area (TPSA) is 177 Å². The molecule has 0 radical (unpaired) electrons. The van der Waals surface area contributed by atoms with Gasteiger partial charge in [-0.2, -0.15) is 0 Å². The van der Waals surface area contributed by atoms with Crippen LogP contribution in [0.5, 0.6) is 0 Å². The van der Waals surface area contributed by atoms with Gasteiger partial charge in [0.25, 0.3) is 0 Å². The van der Waals surface area contributed by atoms with Crippen molar-refractivity contribution in [3.8, 4) is 0 Å². The van der Waals surface area contributed by atoms with E-state index in [1.165, 1.54) is 0 Å². The van der Waals surface area contributed by atoms with E-state index in [9.17, 15) is 38.4 Å². The number of aliphatic carboxylic acids is 2. The Morgan fingerprint density at radius 1 is 0.607 bits per heavy atom. The Labute approximate surface area is 155 Å². The lowest BCUT2D eigenvalue weighted by atomic mass is 9.95. The summed E-state index contributed by atoms with van der Waals surface area (Å²) in [6.45, 7) is 0. The van der Waals surface area contributed by atoms with Crippen LogP contribution in [0, 0.1) is 11.8 Å². The molecule has 2 aliphatic carbocycles. The molecule has 3 rings (SSSR count). The van der Waals surface area contributed by atoms with E-state index in [2.05, 4.69) is 0 Å². The van der Waals surface area contributed by atoms with E-state index in [4.69, 9.17) is 10.2 Å². The third-order valence-electron chi connectivity index (χ3n) is 4.56. The summed E-state index contributed by atoms with van der Waals surface area (Å²) in [6.07, 6.45) is -2.08. The number of carbonyl (C=O) groups excluding carboxylic acids is 6. The fourth-order valence-corrected chi connectivity index (χ4v) is 3.36. The normalized spacial score (nSPS) is 16.3. The second kappa shape index (κ2) is 6.41. The maximum absolute atomic E-state index is 12.4. The van der Waals surface area contributed by atoms with Crippen LogP contribution in [0.4, 0.5) is 0 Å². The zero-order valence-corrected chi connectivity index (χ0v) is 13.9. The molecule has 0 amide bonds. The molecule has 0 bridgehead atoms. The molecule has 2 aliphatic rings. The molecule has 0 saturated heterocycles. The predicted molar refractivity (Wildman–Crippen MR) is 85.3 cm³/mol. The monoisotopic (exact) mass is 386 g/mol. The molecule has 0 atom stereocenters. The number of benzene rings is 1. The Morgan fingerprint density at radius 2 is 0.857 bits per heavy atom. The molecule has 0 heterocycles. The van der Waals surface area contributed by atoms with Gasteiger partial charge in [0.1, 0.15) is 24.7 Å². The summed E-state index contributed by atoms with van der Waals surface area (Å²) in [7, 11) is 0. The number of hydrogen-bond donors (Lipinski definition) is 2. The van der Waals surface area contributed by atoms with Crippen LogP contribution in [0.2, 0.25) is 0 Å². The number of ketones is 6. The van der Waals surface area contributed by atoms with Crippen molar-refractivity contribution in [3.63, 3.8) is 0 Å². The Balaban J connectivity index is 2.01. The van der Waals surface area contributed by atoms with Crippen molar-refractivity contribution in [3.05, 3.63) is 34.4 Å². The van der Waals surface area contributed by atoms with E-state index in [0.29, 0.717) is 0 Å². The molecule has 0 aliphatic heterocycles. The molecule has 0 fully saturated rings. The molecule has 0 spiro atoms. The summed E-state index contributed by atoms with van der Waals surface area (Å²) in [5.74, 6) is -13.0. The molecule has 2 N–H and O–H groups in total. The highest BCUT2D eigenvalue weighted by Gasteiger charge is 2.49. The first-order chi connectivity index (χ1) is 13.0. The molecule has 1 aromatic carbocycles. The molecule has 0 unspecified atom stereocenters. The summed E-state index contributed by atoms with van der Waals surface area (Å²) in [6, 6.07) is 1.85. The number of fused-ring (bicyclic) bond motifs is 2. The van der Waals surface area contributed by atoms with Gasteiger partial charge >= 0.3 is 11.9 Å². The molecule has 28 heavy (non-hydrogen) atoms.